The Morgan fingerprint density at radius 3 is 2.42 bits per heavy atom. The van der Waals surface area contributed by atoms with Crippen molar-refractivity contribution < 1.29 is 4.79 Å². The molecule has 3 rings (SSSR count). The number of nitrogen functional groups attached to an aromatic ring is 1. The van der Waals surface area contributed by atoms with Gasteiger partial charge in [-0.1, -0.05) is 0 Å². The Balaban J connectivity index is 1.73. The molecule has 1 aromatic carbocycles. The van der Waals surface area contributed by atoms with Gasteiger partial charge in [0.2, 0.25) is 0 Å². The monoisotopic (exact) mass is 259 g/mol. The van der Waals surface area contributed by atoms with Crippen molar-refractivity contribution in [2.24, 2.45) is 0 Å². The minimum absolute atomic E-state index is 0.149. The Labute approximate surface area is 114 Å². The molecule has 0 aliphatic carbocycles. The van der Waals surface area contributed by atoms with Gasteiger partial charge in [-0.05, 0) is 44.5 Å². The molecule has 4 heteroatoms. The van der Waals surface area contributed by atoms with Crippen molar-refractivity contribution >= 4 is 11.6 Å². The molecule has 0 saturated carbocycles. The molecule has 2 N–H and O–H groups in total. The summed E-state index contributed by atoms with van der Waals surface area (Å²) in [5.41, 5.74) is 7.11. The fraction of sp³-hybridized carbons (Fsp3) is 0.533. The summed E-state index contributed by atoms with van der Waals surface area (Å²) in [4.78, 5) is 17.0. The fourth-order valence-corrected chi connectivity index (χ4v) is 3.37. The van der Waals surface area contributed by atoms with E-state index in [2.05, 4.69) is 18.7 Å². The minimum atomic E-state index is 0.149. The zero-order chi connectivity index (χ0) is 13.6. The molecular formula is C15H21N3O. The van der Waals surface area contributed by atoms with Crippen LogP contribution in [0.15, 0.2) is 24.3 Å². The van der Waals surface area contributed by atoms with Crippen LogP contribution in [0.25, 0.3) is 0 Å². The second-order valence-corrected chi connectivity index (χ2v) is 5.91. The highest BCUT2D eigenvalue weighted by Gasteiger charge is 2.45. The molecule has 102 valence electrons. The Hall–Kier alpha value is -1.55. The molecule has 2 atom stereocenters. The molecule has 0 radical (unpaired) electrons. The topological polar surface area (TPSA) is 49.6 Å². The van der Waals surface area contributed by atoms with E-state index in [4.69, 9.17) is 5.73 Å². The molecule has 2 heterocycles. The van der Waals surface area contributed by atoms with E-state index in [1.165, 1.54) is 0 Å². The molecule has 2 bridgehead atoms. The highest BCUT2D eigenvalue weighted by molar-refractivity contribution is 5.95. The van der Waals surface area contributed by atoms with Crippen molar-refractivity contribution in [1.82, 2.24) is 9.80 Å². The molecule has 19 heavy (non-hydrogen) atoms. The number of carbonyl (C=O) groups is 1. The number of hydrogen-bond acceptors (Lipinski definition) is 3. The van der Waals surface area contributed by atoms with Gasteiger partial charge in [0, 0.05) is 42.5 Å². The van der Waals surface area contributed by atoms with Gasteiger partial charge < -0.3 is 10.6 Å². The van der Waals surface area contributed by atoms with Gasteiger partial charge in [-0.15, -0.1) is 0 Å². The maximum atomic E-state index is 12.5. The molecule has 4 nitrogen and oxygen atoms in total. The van der Waals surface area contributed by atoms with E-state index >= 15 is 0 Å². The third-order valence-corrected chi connectivity index (χ3v) is 4.36. The van der Waals surface area contributed by atoms with Gasteiger partial charge in [-0.25, -0.2) is 0 Å². The van der Waals surface area contributed by atoms with Crippen molar-refractivity contribution in [3.63, 3.8) is 0 Å². The maximum absolute atomic E-state index is 12.5. The molecule has 2 aliphatic rings. The number of likely N-dealkylation sites (tertiary alicyclic amines) is 2. The highest BCUT2D eigenvalue weighted by atomic mass is 16.2. The lowest BCUT2D eigenvalue weighted by Crippen LogP contribution is -2.50. The number of benzene rings is 1. The summed E-state index contributed by atoms with van der Waals surface area (Å²) in [6.45, 7) is 6.34. The van der Waals surface area contributed by atoms with Crippen LogP contribution in [0.4, 0.5) is 5.69 Å². The zero-order valence-electron chi connectivity index (χ0n) is 11.5. The van der Waals surface area contributed by atoms with Crippen molar-refractivity contribution in [2.75, 3.05) is 18.8 Å². The van der Waals surface area contributed by atoms with Crippen molar-refractivity contribution in [1.29, 1.82) is 0 Å². The average Bonchev–Trinajstić information content (AvgIpc) is 2.98. The average molecular weight is 259 g/mol. The zero-order valence-corrected chi connectivity index (χ0v) is 11.5. The number of amides is 1. The van der Waals surface area contributed by atoms with E-state index in [0.717, 1.165) is 25.1 Å². The van der Waals surface area contributed by atoms with Gasteiger partial charge in [0.25, 0.3) is 5.91 Å². The largest absolute Gasteiger partial charge is 0.399 e. The number of piperazine rings is 1. The van der Waals surface area contributed by atoms with E-state index in [1.807, 2.05) is 17.0 Å². The van der Waals surface area contributed by atoms with Crippen LogP contribution in [0, 0.1) is 0 Å². The van der Waals surface area contributed by atoms with E-state index in [9.17, 15) is 4.79 Å². The standard InChI is InChI=1S/C15H21N3O/c1-10(2)17-8-14-7-13(17)9-18(14)15(19)11-3-5-12(16)6-4-11/h3-6,10,13-14H,7-9,16H2,1-2H3/t13-,14-/m0/s1. The molecule has 0 spiro atoms. The summed E-state index contributed by atoms with van der Waals surface area (Å²) in [5.74, 6) is 0.149. The van der Waals surface area contributed by atoms with Gasteiger partial charge in [-0.2, -0.15) is 0 Å². The normalized spacial score (nSPS) is 26.4. The first-order valence-corrected chi connectivity index (χ1v) is 6.98. The third-order valence-electron chi connectivity index (χ3n) is 4.36. The summed E-state index contributed by atoms with van der Waals surface area (Å²) in [5, 5.41) is 0. The van der Waals surface area contributed by atoms with Crippen LogP contribution < -0.4 is 5.73 Å². The molecule has 2 saturated heterocycles. The van der Waals surface area contributed by atoms with Crippen molar-refractivity contribution in [2.45, 2.75) is 38.4 Å². The summed E-state index contributed by atoms with van der Waals surface area (Å²) in [6, 6.07) is 8.74. The molecule has 0 unspecified atom stereocenters. The maximum Gasteiger partial charge on any atom is 0.254 e. The van der Waals surface area contributed by atoms with Crippen LogP contribution >= 0.6 is 0 Å². The second-order valence-electron chi connectivity index (χ2n) is 5.91. The van der Waals surface area contributed by atoms with Crippen LogP contribution in [0.1, 0.15) is 30.6 Å². The van der Waals surface area contributed by atoms with Crippen LogP contribution in [-0.4, -0.2) is 46.9 Å². The fourth-order valence-electron chi connectivity index (χ4n) is 3.37. The highest BCUT2D eigenvalue weighted by Crippen LogP contribution is 2.33. The van der Waals surface area contributed by atoms with Gasteiger partial charge in [0.1, 0.15) is 0 Å². The summed E-state index contributed by atoms with van der Waals surface area (Å²) in [7, 11) is 0. The molecule has 1 amide bonds. The van der Waals surface area contributed by atoms with Crippen LogP contribution in [-0.2, 0) is 0 Å². The number of carbonyl (C=O) groups excluding carboxylic acids is 1. The second kappa shape index (κ2) is 4.53. The lowest BCUT2D eigenvalue weighted by atomic mass is 10.1. The number of nitrogens with zero attached hydrogens (tertiary/aromatic N) is 2. The third kappa shape index (κ3) is 2.10. The van der Waals surface area contributed by atoms with Crippen LogP contribution in [0.2, 0.25) is 0 Å². The molecule has 2 aliphatic heterocycles. The molecule has 0 aromatic heterocycles. The lowest BCUT2D eigenvalue weighted by molar-refractivity contribution is 0.0583. The first-order valence-electron chi connectivity index (χ1n) is 6.98. The van der Waals surface area contributed by atoms with Gasteiger partial charge in [0.15, 0.2) is 0 Å². The first kappa shape index (κ1) is 12.5. The lowest BCUT2D eigenvalue weighted by Gasteiger charge is -2.36. The minimum Gasteiger partial charge on any atom is -0.399 e. The summed E-state index contributed by atoms with van der Waals surface area (Å²) < 4.78 is 0. The SMILES string of the molecule is CC(C)N1C[C@@H]2C[C@H]1CN2C(=O)c1ccc(N)cc1. The number of hydrogen-bond donors (Lipinski definition) is 1. The summed E-state index contributed by atoms with van der Waals surface area (Å²) >= 11 is 0. The van der Waals surface area contributed by atoms with Crippen molar-refractivity contribution in [3.05, 3.63) is 29.8 Å². The van der Waals surface area contributed by atoms with Gasteiger partial charge in [0.05, 0.1) is 0 Å². The Morgan fingerprint density at radius 2 is 1.89 bits per heavy atom. The quantitative estimate of drug-likeness (QED) is 0.820. The van der Waals surface area contributed by atoms with Gasteiger partial charge in [-0.3, -0.25) is 9.69 Å². The smallest absolute Gasteiger partial charge is 0.254 e. The van der Waals surface area contributed by atoms with Gasteiger partial charge >= 0.3 is 0 Å². The summed E-state index contributed by atoms with van der Waals surface area (Å²) in [6.07, 6.45) is 1.12. The van der Waals surface area contributed by atoms with Crippen molar-refractivity contribution in [3.8, 4) is 0 Å². The Bertz CT molecular complexity index is 483. The Kier molecular flexibility index (Phi) is 2.97. The van der Waals surface area contributed by atoms with Crippen LogP contribution in [0.3, 0.4) is 0 Å². The number of rotatable bonds is 2. The number of nitrogens with two attached hydrogens (primary N) is 1. The van der Waals surface area contributed by atoms with E-state index < -0.39 is 0 Å². The predicted molar refractivity (Wildman–Crippen MR) is 75.9 cm³/mol. The van der Waals surface area contributed by atoms with E-state index in [1.54, 1.807) is 12.1 Å². The van der Waals surface area contributed by atoms with E-state index in [0.29, 0.717) is 23.8 Å². The number of fused-ring (bicyclic) bond motifs is 2. The van der Waals surface area contributed by atoms with E-state index in [-0.39, 0.29) is 5.91 Å². The molecule has 1 aromatic rings. The molecular weight excluding hydrogens is 238 g/mol. The Morgan fingerprint density at radius 1 is 1.21 bits per heavy atom. The first-order chi connectivity index (χ1) is 9.06. The number of anilines is 1. The molecule has 2 fully saturated rings. The predicted octanol–water partition coefficient (Wildman–Crippen LogP) is 1.58. The van der Waals surface area contributed by atoms with Crippen LogP contribution in [0.5, 0.6) is 0 Å².